The van der Waals surface area contributed by atoms with Crippen LogP contribution >= 0.6 is 33.9 Å². The molecule has 0 bridgehead atoms. The lowest BCUT2D eigenvalue weighted by Crippen LogP contribution is -2.49. The van der Waals surface area contributed by atoms with Crippen LogP contribution in [0.15, 0.2) is 11.4 Å². The van der Waals surface area contributed by atoms with Crippen molar-refractivity contribution in [3.8, 4) is 0 Å². The van der Waals surface area contributed by atoms with Crippen LogP contribution in [0, 0.1) is 9.49 Å². The molecule has 0 saturated carbocycles. The molecule has 1 amide bonds. The third-order valence-electron chi connectivity index (χ3n) is 6.95. The van der Waals surface area contributed by atoms with Crippen molar-refractivity contribution in [3.63, 3.8) is 0 Å². The lowest BCUT2D eigenvalue weighted by molar-refractivity contribution is -0.131. The molecule has 4 nitrogen and oxygen atoms in total. The van der Waals surface area contributed by atoms with E-state index in [1.54, 1.807) is 11.3 Å². The SMILES string of the molecule is CC(C)(C)[Si](C)(C)OC(CC(O)c1sccc1I)[C@H]1CCN2C(=O)CC[C@H]2C1. The first-order valence-corrected chi connectivity index (χ1v) is 15.2. The lowest BCUT2D eigenvalue weighted by atomic mass is 9.84. The molecule has 3 heterocycles. The Hall–Kier alpha value is 0.0369. The molecule has 3 rings (SSSR count). The van der Waals surface area contributed by atoms with E-state index in [2.05, 4.69) is 67.4 Å². The van der Waals surface area contributed by atoms with Gasteiger partial charge in [0.05, 0.1) is 12.2 Å². The number of halogens is 1. The van der Waals surface area contributed by atoms with Gasteiger partial charge in [-0.1, -0.05) is 20.8 Å². The van der Waals surface area contributed by atoms with Gasteiger partial charge in [-0.15, -0.1) is 11.3 Å². The van der Waals surface area contributed by atoms with E-state index < -0.39 is 14.4 Å². The highest BCUT2D eigenvalue weighted by Crippen LogP contribution is 2.43. The number of carbonyl (C=O) groups excluding carboxylic acids is 1. The summed E-state index contributed by atoms with van der Waals surface area (Å²) in [5.41, 5.74) is 0. The first-order valence-electron chi connectivity index (χ1n) is 10.4. The van der Waals surface area contributed by atoms with Crippen molar-refractivity contribution < 1.29 is 14.3 Å². The van der Waals surface area contributed by atoms with Gasteiger partial charge in [0.1, 0.15) is 0 Å². The van der Waals surface area contributed by atoms with Gasteiger partial charge in [0.25, 0.3) is 0 Å². The van der Waals surface area contributed by atoms with Gasteiger partial charge in [-0.2, -0.15) is 0 Å². The molecule has 0 aromatic carbocycles. The van der Waals surface area contributed by atoms with Crippen LogP contribution in [0.2, 0.25) is 18.1 Å². The molecular formula is C21H34INO3SSi. The first-order chi connectivity index (χ1) is 13.0. The zero-order valence-electron chi connectivity index (χ0n) is 17.7. The first kappa shape index (κ1) is 22.7. The minimum absolute atomic E-state index is 0.0478. The van der Waals surface area contributed by atoms with Crippen LogP contribution in [0.4, 0.5) is 0 Å². The molecule has 7 heteroatoms. The highest BCUT2D eigenvalue weighted by molar-refractivity contribution is 14.1. The quantitative estimate of drug-likeness (QED) is 0.383. The Bertz CT molecular complexity index is 702. The third kappa shape index (κ3) is 4.85. The molecule has 1 aromatic rings. The summed E-state index contributed by atoms with van der Waals surface area (Å²) in [4.78, 5) is 15.2. The van der Waals surface area contributed by atoms with E-state index in [0.29, 0.717) is 30.7 Å². The van der Waals surface area contributed by atoms with Gasteiger partial charge in [-0.05, 0) is 77.3 Å². The van der Waals surface area contributed by atoms with Crippen LogP contribution in [0.25, 0.3) is 0 Å². The molecule has 4 atom stereocenters. The van der Waals surface area contributed by atoms with E-state index in [1.165, 1.54) is 0 Å². The topological polar surface area (TPSA) is 49.8 Å². The van der Waals surface area contributed by atoms with Crippen LogP contribution in [-0.2, 0) is 9.22 Å². The molecule has 2 fully saturated rings. The number of hydrogen-bond acceptors (Lipinski definition) is 4. The van der Waals surface area contributed by atoms with E-state index in [9.17, 15) is 9.90 Å². The molecule has 0 aliphatic carbocycles. The van der Waals surface area contributed by atoms with Crippen LogP contribution < -0.4 is 0 Å². The van der Waals surface area contributed by atoms with E-state index in [0.717, 1.165) is 34.3 Å². The fourth-order valence-corrected chi connectivity index (χ4v) is 7.57. The normalized spacial score (nSPS) is 25.7. The number of rotatable bonds is 6. The van der Waals surface area contributed by atoms with Gasteiger partial charge >= 0.3 is 0 Å². The van der Waals surface area contributed by atoms with Gasteiger partial charge < -0.3 is 14.4 Å². The second kappa shape index (κ2) is 8.65. The van der Waals surface area contributed by atoms with Crippen LogP contribution in [-0.4, -0.2) is 42.9 Å². The maximum atomic E-state index is 12.1. The highest BCUT2D eigenvalue weighted by atomic mass is 127. The van der Waals surface area contributed by atoms with Gasteiger partial charge in [0.2, 0.25) is 5.91 Å². The Morgan fingerprint density at radius 2 is 2.11 bits per heavy atom. The summed E-state index contributed by atoms with van der Waals surface area (Å²) in [6.45, 7) is 12.3. The summed E-state index contributed by atoms with van der Waals surface area (Å²) >= 11 is 3.94. The molecule has 2 unspecified atom stereocenters. The number of fused-ring (bicyclic) bond motifs is 1. The Kier molecular flexibility index (Phi) is 7.02. The fraction of sp³-hybridized carbons (Fsp3) is 0.762. The summed E-state index contributed by atoms with van der Waals surface area (Å²) in [6.07, 6.45) is 3.88. The monoisotopic (exact) mass is 535 g/mol. The summed E-state index contributed by atoms with van der Waals surface area (Å²) in [5.74, 6) is 0.729. The predicted molar refractivity (Wildman–Crippen MR) is 126 cm³/mol. The zero-order chi connectivity index (χ0) is 20.7. The maximum Gasteiger partial charge on any atom is 0.222 e. The average molecular weight is 536 g/mol. The molecule has 2 saturated heterocycles. The molecule has 2 aliphatic rings. The number of aliphatic hydroxyl groups is 1. The summed E-state index contributed by atoms with van der Waals surface area (Å²) in [5, 5.41) is 13.2. The molecule has 0 spiro atoms. The number of piperidine rings is 1. The van der Waals surface area contributed by atoms with Crippen molar-refractivity contribution >= 4 is 48.2 Å². The lowest BCUT2D eigenvalue weighted by Gasteiger charge is -2.45. The molecule has 0 radical (unpaired) electrons. The van der Waals surface area contributed by atoms with Crippen molar-refractivity contribution in [2.24, 2.45) is 5.92 Å². The molecule has 158 valence electrons. The van der Waals surface area contributed by atoms with Gasteiger partial charge in [0.15, 0.2) is 8.32 Å². The van der Waals surface area contributed by atoms with Crippen LogP contribution in [0.5, 0.6) is 0 Å². The standard InChI is InChI=1S/C21H34INO3SSi/c1-21(2,3)28(4,5)26-18(13-17(24)20-16(22)9-11-27-20)14-8-10-23-15(12-14)6-7-19(23)25/h9,11,14-15,17-18,24H,6-8,10,12-13H2,1-5H3/t14-,15-,17?,18?/m0/s1. The van der Waals surface area contributed by atoms with Gasteiger partial charge in [-0.25, -0.2) is 0 Å². The summed E-state index contributed by atoms with van der Waals surface area (Å²) in [6, 6.07) is 2.44. The Balaban J connectivity index is 1.78. The van der Waals surface area contributed by atoms with E-state index in [1.807, 2.05) is 5.38 Å². The second-order valence-electron chi connectivity index (χ2n) is 9.86. The van der Waals surface area contributed by atoms with Crippen molar-refractivity contribution in [2.45, 2.75) is 89.3 Å². The number of thiophene rings is 1. The van der Waals surface area contributed by atoms with Crippen molar-refractivity contribution in [2.75, 3.05) is 6.54 Å². The largest absolute Gasteiger partial charge is 0.414 e. The molecule has 28 heavy (non-hydrogen) atoms. The number of carbonyl (C=O) groups is 1. The number of aliphatic hydroxyl groups excluding tert-OH is 1. The smallest absolute Gasteiger partial charge is 0.222 e. The minimum atomic E-state index is -1.95. The van der Waals surface area contributed by atoms with E-state index in [4.69, 9.17) is 4.43 Å². The minimum Gasteiger partial charge on any atom is -0.414 e. The second-order valence-corrected chi connectivity index (χ2v) is 16.7. The van der Waals surface area contributed by atoms with Crippen molar-refractivity contribution in [1.29, 1.82) is 0 Å². The summed E-state index contributed by atoms with van der Waals surface area (Å²) < 4.78 is 8.04. The molecule has 1 N–H and O–H groups in total. The van der Waals surface area contributed by atoms with Crippen molar-refractivity contribution in [3.05, 3.63) is 19.9 Å². The number of hydrogen-bond donors (Lipinski definition) is 1. The Labute approximate surface area is 188 Å². The molecule has 2 aliphatic heterocycles. The molecular weight excluding hydrogens is 501 g/mol. The van der Waals surface area contributed by atoms with Gasteiger partial charge in [-0.3, -0.25) is 4.79 Å². The zero-order valence-corrected chi connectivity index (χ0v) is 21.7. The van der Waals surface area contributed by atoms with Crippen LogP contribution in [0.1, 0.15) is 63.9 Å². The van der Waals surface area contributed by atoms with Crippen molar-refractivity contribution in [1.82, 2.24) is 4.90 Å². The average Bonchev–Trinajstić information content (AvgIpc) is 3.19. The summed E-state index contributed by atoms with van der Waals surface area (Å²) in [7, 11) is -1.95. The molecule has 1 aromatic heterocycles. The number of nitrogens with zero attached hydrogens (tertiary/aromatic N) is 1. The van der Waals surface area contributed by atoms with E-state index in [-0.39, 0.29) is 11.1 Å². The maximum absolute atomic E-state index is 12.1. The fourth-order valence-electron chi connectivity index (χ4n) is 4.22. The van der Waals surface area contributed by atoms with E-state index >= 15 is 0 Å². The third-order valence-corrected chi connectivity index (χ3v) is 13.8. The Morgan fingerprint density at radius 1 is 1.39 bits per heavy atom. The van der Waals surface area contributed by atoms with Gasteiger partial charge in [0, 0.05) is 33.9 Å². The highest BCUT2D eigenvalue weighted by Gasteiger charge is 2.44. The number of amides is 1. The van der Waals surface area contributed by atoms with Crippen LogP contribution in [0.3, 0.4) is 0 Å². The Morgan fingerprint density at radius 3 is 2.71 bits per heavy atom. The predicted octanol–water partition coefficient (Wildman–Crippen LogP) is 5.57.